The fourth-order valence-corrected chi connectivity index (χ4v) is 2.78. The van der Waals surface area contributed by atoms with Crippen LogP contribution in [0.15, 0.2) is 48.6 Å². The molecule has 0 radical (unpaired) electrons. The Kier molecular flexibility index (Phi) is 1.60. The molecule has 4 unspecified atom stereocenters. The first kappa shape index (κ1) is 7.98. The fraction of sp³-hybridized carbons (Fsp3) is 0.308. The highest BCUT2D eigenvalue weighted by molar-refractivity contribution is 5.91. The average molecular weight is 184 g/mol. The first-order chi connectivity index (χ1) is 6.88. The van der Waals surface area contributed by atoms with E-state index in [1.807, 2.05) is 24.3 Å². The van der Waals surface area contributed by atoms with E-state index in [4.69, 9.17) is 0 Å². The van der Waals surface area contributed by atoms with Gasteiger partial charge >= 0.3 is 0 Å². The van der Waals surface area contributed by atoms with E-state index in [1.165, 1.54) is 0 Å². The van der Waals surface area contributed by atoms with Crippen LogP contribution in [0.3, 0.4) is 0 Å². The van der Waals surface area contributed by atoms with E-state index in [1.54, 1.807) is 0 Å². The minimum atomic E-state index is 0.112. The molecule has 1 nitrogen and oxygen atoms in total. The van der Waals surface area contributed by atoms with Gasteiger partial charge in [0.1, 0.15) is 5.78 Å². The number of fused-ring (bicyclic) bond motifs is 5. The van der Waals surface area contributed by atoms with Gasteiger partial charge in [-0.3, -0.25) is 4.79 Å². The molecule has 0 amide bonds. The van der Waals surface area contributed by atoms with Crippen molar-refractivity contribution in [3.63, 3.8) is 0 Å². The van der Waals surface area contributed by atoms with E-state index in [0.717, 1.165) is 0 Å². The van der Waals surface area contributed by atoms with Crippen LogP contribution in [0.5, 0.6) is 0 Å². The van der Waals surface area contributed by atoms with Crippen molar-refractivity contribution in [2.45, 2.75) is 0 Å². The SMILES string of the molecule is O=C1C2C=CC=CC1C1C=CC=CC21. The Balaban J connectivity index is 2.09. The standard InChI is InChI=1S/C13H12O/c14-13-11-7-3-4-8-12(13)10-6-2-1-5-9(10)11/h1-12H. The lowest BCUT2D eigenvalue weighted by Gasteiger charge is -2.20. The van der Waals surface area contributed by atoms with Gasteiger partial charge in [-0.25, -0.2) is 0 Å². The third-order valence-corrected chi connectivity index (χ3v) is 3.46. The Bertz CT molecular complexity index is 348. The van der Waals surface area contributed by atoms with Crippen LogP contribution in [0.4, 0.5) is 0 Å². The molecule has 70 valence electrons. The summed E-state index contributed by atoms with van der Waals surface area (Å²) >= 11 is 0. The predicted molar refractivity (Wildman–Crippen MR) is 55.5 cm³/mol. The van der Waals surface area contributed by atoms with Gasteiger partial charge < -0.3 is 0 Å². The lowest BCUT2D eigenvalue weighted by molar-refractivity contribution is -0.121. The molecule has 2 bridgehead atoms. The second-order valence-corrected chi connectivity index (χ2v) is 4.15. The molecule has 0 aliphatic heterocycles. The van der Waals surface area contributed by atoms with Crippen LogP contribution < -0.4 is 0 Å². The molecule has 1 fully saturated rings. The second kappa shape index (κ2) is 2.81. The van der Waals surface area contributed by atoms with Gasteiger partial charge in [0.15, 0.2) is 0 Å². The summed E-state index contributed by atoms with van der Waals surface area (Å²) in [4.78, 5) is 12.0. The molecule has 0 spiro atoms. The van der Waals surface area contributed by atoms with Gasteiger partial charge in [-0.1, -0.05) is 48.6 Å². The Morgan fingerprint density at radius 1 is 0.714 bits per heavy atom. The second-order valence-electron chi connectivity index (χ2n) is 4.15. The normalized spacial score (nSPS) is 42.7. The highest BCUT2D eigenvalue weighted by Crippen LogP contribution is 2.44. The lowest BCUT2D eigenvalue weighted by atomic mass is 9.83. The third kappa shape index (κ3) is 0.926. The lowest BCUT2D eigenvalue weighted by Crippen LogP contribution is -2.14. The first-order valence-electron chi connectivity index (χ1n) is 5.11. The van der Waals surface area contributed by atoms with E-state index in [9.17, 15) is 4.79 Å². The van der Waals surface area contributed by atoms with Crippen molar-refractivity contribution >= 4 is 5.78 Å². The molecule has 0 aromatic rings. The molecule has 1 heteroatoms. The molecule has 3 rings (SSSR count). The van der Waals surface area contributed by atoms with Gasteiger partial charge in [0.25, 0.3) is 0 Å². The zero-order valence-corrected chi connectivity index (χ0v) is 7.84. The summed E-state index contributed by atoms with van der Waals surface area (Å²) in [6, 6.07) is 0. The van der Waals surface area contributed by atoms with Gasteiger partial charge in [-0.2, -0.15) is 0 Å². The van der Waals surface area contributed by atoms with Crippen molar-refractivity contribution in [3.8, 4) is 0 Å². The zero-order chi connectivity index (χ0) is 9.54. The summed E-state index contributed by atoms with van der Waals surface area (Å²) in [5, 5.41) is 0. The number of hydrogen-bond acceptors (Lipinski definition) is 1. The van der Waals surface area contributed by atoms with Gasteiger partial charge in [0.2, 0.25) is 0 Å². The van der Waals surface area contributed by atoms with E-state index in [-0.39, 0.29) is 11.8 Å². The maximum absolute atomic E-state index is 12.0. The van der Waals surface area contributed by atoms with Crippen LogP contribution in [0.1, 0.15) is 0 Å². The number of allylic oxidation sites excluding steroid dienone is 8. The minimum Gasteiger partial charge on any atom is -0.298 e. The van der Waals surface area contributed by atoms with Gasteiger partial charge in [-0.05, 0) is 11.8 Å². The van der Waals surface area contributed by atoms with E-state index >= 15 is 0 Å². The van der Waals surface area contributed by atoms with Crippen LogP contribution in [-0.4, -0.2) is 5.78 Å². The summed E-state index contributed by atoms with van der Waals surface area (Å²) in [5.74, 6) is 1.42. The number of carbonyl (C=O) groups excluding carboxylic acids is 1. The van der Waals surface area contributed by atoms with Gasteiger partial charge in [0, 0.05) is 11.8 Å². The monoisotopic (exact) mass is 184 g/mol. The predicted octanol–water partition coefficient (Wildman–Crippen LogP) is 2.29. The largest absolute Gasteiger partial charge is 0.298 e. The Morgan fingerprint density at radius 3 is 1.64 bits per heavy atom. The van der Waals surface area contributed by atoms with E-state index in [2.05, 4.69) is 24.3 Å². The number of rotatable bonds is 0. The van der Waals surface area contributed by atoms with Gasteiger partial charge in [-0.15, -0.1) is 0 Å². The summed E-state index contributed by atoms with van der Waals surface area (Å²) in [6.07, 6.45) is 16.6. The Hall–Kier alpha value is -1.37. The highest BCUT2D eigenvalue weighted by Gasteiger charge is 2.46. The Morgan fingerprint density at radius 2 is 1.14 bits per heavy atom. The minimum absolute atomic E-state index is 0.112. The van der Waals surface area contributed by atoms with Gasteiger partial charge in [0.05, 0.1) is 0 Å². The summed E-state index contributed by atoms with van der Waals surface area (Å²) in [7, 11) is 0. The number of carbonyl (C=O) groups is 1. The van der Waals surface area contributed by atoms with Crippen molar-refractivity contribution in [1.82, 2.24) is 0 Å². The smallest absolute Gasteiger partial charge is 0.147 e. The zero-order valence-electron chi connectivity index (χ0n) is 7.84. The van der Waals surface area contributed by atoms with Crippen LogP contribution in [-0.2, 0) is 4.79 Å². The summed E-state index contributed by atoms with van der Waals surface area (Å²) in [5.41, 5.74) is 0. The Labute approximate surface area is 83.5 Å². The number of hydrogen-bond donors (Lipinski definition) is 0. The van der Waals surface area contributed by atoms with Crippen molar-refractivity contribution in [3.05, 3.63) is 48.6 Å². The molecular formula is C13H12O. The highest BCUT2D eigenvalue weighted by atomic mass is 16.1. The van der Waals surface area contributed by atoms with Crippen LogP contribution in [0.25, 0.3) is 0 Å². The molecule has 0 aromatic carbocycles. The summed E-state index contributed by atoms with van der Waals surface area (Å²) in [6.45, 7) is 0. The third-order valence-electron chi connectivity index (χ3n) is 3.46. The van der Waals surface area contributed by atoms with Crippen LogP contribution >= 0.6 is 0 Å². The molecule has 4 atom stereocenters. The van der Waals surface area contributed by atoms with E-state index in [0.29, 0.717) is 17.6 Å². The quantitative estimate of drug-likeness (QED) is 0.564. The van der Waals surface area contributed by atoms with E-state index < -0.39 is 0 Å². The number of Topliss-reactive ketones (excluding diaryl/α,β-unsaturated/α-hetero) is 1. The molecule has 1 saturated carbocycles. The molecule has 14 heavy (non-hydrogen) atoms. The molecule has 3 aliphatic carbocycles. The van der Waals surface area contributed by atoms with Crippen LogP contribution in [0, 0.1) is 23.7 Å². The van der Waals surface area contributed by atoms with Crippen molar-refractivity contribution in [2.75, 3.05) is 0 Å². The first-order valence-corrected chi connectivity index (χ1v) is 5.11. The fourth-order valence-electron chi connectivity index (χ4n) is 2.78. The molecular weight excluding hydrogens is 172 g/mol. The maximum atomic E-state index is 12.0. The molecule has 3 aliphatic rings. The van der Waals surface area contributed by atoms with Crippen molar-refractivity contribution in [2.24, 2.45) is 23.7 Å². The molecule has 0 N–H and O–H groups in total. The molecule has 0 aromatic heterocycles. The van der Waals surface area contributed by atoms with Crippen molar-refractivity contribution in [1.29, 1.82) is 0 Å². The van der Waals surface area contributed by atoms with Crippen LogP contribution in [0.2, 0.25) is 0 Å². The summed E-state index contributed by atoms with van der Waals surface area (Å²) < 4.78 is 0. The van der Waals surface area contributed by atoms with Crippen molar-refractivity contribution < 1.29 is 4.79 Å². The molecule has 0 saturated heterocycles. The maximum Gasteiger partial charge on any atom is 0.147 e. The topological polar surface area (TPSA) is 17.1 Å². The average Bonchev–Trinajstić information content (AvgIpc) is 2.33. The number of ketones is 1. The molecule has 0 heterocycles.